The minimum Gasteiger partial charge on any atom is -0.330 e. The number of hydrogen-bond donors (Lipinski definition) is 2. The maximum absolute atomic E-state index is 5.37. The molecule has 3 heteroatoms. The number of aromatic nitrogens is 2. The van der Waals surface area contributed by atoms with Crippen molar-refractivity contribution in [3.63, 3.8) is 0 Å². The van der Waals surface area contributed by atoms with Crippen molar-refractivity contribution >= 4 is 5.57 Å². The summed E-state index contributed by atoms with van der Waals surface area (Å²) in [6, 6.07) is 1.97. The largest absolute Gasteiger partial charge is 0.330 e. The number of nitrogens with zero attached hydrogens (tertiary/aromatic N) is 1. The Bertz CT molecular complexity index is 250. The summed E-state index contributed by atoms with van der Waals surface area (Å²) in [6.07, 6.45) is 0.810. The van der Waals surface area contributed by atoms with E-state index in [-0.39, 0.29) is 0 Å². The summed E-state index contributed by atoms with van der Waals surface area (Å²) >= 11 is 0. The highest BCUT2D eigenvalue weighted by Gasteiger charge is 2.00. The van der Waals surface area contributed by atoms with Crippen LogP contribution in [0.1, 0.15) is 17.8 Å². The van der Waals surface area contributed by atoms with Crippen molar-refractivity contribution in [2.24, 2.45) is 5.73 Å². The van der Waals surface area contributed by atoms with Crippen LogP contribution >= 0.6 is 0 Å². The van der Waals surface area contributed by atoms with E-state index in [9.17, 15) is 0 Å². The molecule has 0 bridgehead atoms. The standard InChI is InChI=1S/C8H13N3/c1-6(3-4-9)8-5-7(2)10-11-8/h5H,1,3-4,9H2,2H3,(H,10,11). The lowest BCUT2D eigenvalue weighted by molar-refractivity contribution is 0.992. The van der Waals surface area contributed by atoms with Crippen molar-refractivity contribution in [1.29, 1.82) is 0 Å². The first kappa shape index (κ1) is 8.01. The van der Waals surface area contributed by atoms with Gasteiger partial charge in [-0.3, -0.25) is 5.10 Å². The average Bonchev–Trinajstić information content (AvgIpc) is 2.36. The maximum Gasteiger partial charge on any atom is 0.0877 e. The minimum atomic E-state index is 0.630. The van der Waals surface area contributed by atoms with E-state index in [0.29, 0.717) is 6.54 Å². The van der Waals surface area contributed by atoms with Crippen LogP contribution in [0.2, 0.25) is 0 Å². The molecule has 0 amide bonds. The normalized spacial score (nSPS) is 10.0. The molecule has 0 saturated carbocycles. The molecule has 0 aromatic carbocycles. The third-order valence-corrected chi connectivity index (χ3v) is 1.51. The van der Waals surface area contributed by atoms with Crippen LogP contribution in [0.25, 0.3) is 5.57 Å². The molecule has 1 aromatic rings. The Morgan fingerprint density at radius 1 is 1.82 bits per heavy atom. The van der Waals surface area contributed by atoms with Gasteiger partial charge >= 0.3 is 0 Å². The van der Waals surface area contributed by atoms with Gasteiger partial charge < -0.3 is 5.73 Å². The van der Waals surface area contributed by atoms with Crippen LogP contribution in [-0.2, 0) is 0 Å². The minimum absolute atomic E-state index is 0.630. The van der Waals surface area contributed by atoms with Crippen LogP contribution < -0.4 is 5.73 Å². The number of hydrogen-bond acceptors (Lipinski definition) is 2. The van der Waals surface area contributed by atoms with Crippen molar-refractivity contribution in [1.82, 2.24) is 10.2 Å². The van der Waals surface area contributed by atoms with Crippen molar-refractivity contribution < 1.29 is 0 Å². The third kappa shape index (κ3) is 1.91. The predicted octanol–water partition coefficient (Wildman–Crippen LogP) is 1.08. The molecule has 0 aliphatic heterocycles. The molecule has 3 N–H and O–H groups in total. The Morgan fingerprint density at radius 3 is 3.00 bits per heavy atom. The smallest absolute Gasteiger partial charge is 0.0877 e. The van der Waals surface area contributed by atoms with Crippen molar-refractivity contribution in [2.75, 3.05) is 6.54 Å². The SMILES string of the molecule is C=C(CCN)c1cc(C)[nH]n1. The molecule has 0 spiro atoms. The lowest BCUT2D eigenvalue weighted by atomic mass is 10.1. The van der Waals surface area contributed by atoms with Gasteiger partial charge in [0.2, 0.25) is 0 Å². The molecular weight excluding hydrogens is 138 g/mol. The zero-order valence-electron chi connectivity index (χ0n) is 6.72. The first-order chi connectivity index (χ1) is 5.24. The van der Waals surface area contributed by atoms with Gasteiger partial charge in [0.1, 0.15) is 0 Å². The molecule has 3 nitrogen and oxygen atoms in total. The zero-order valence-corrected chi connectivity index (χ0v) is 6.72. The lowest BCUT2D eigenvalue weighted by Crippen LogP contribution is -1.99. The number of rotatable bonds is 3. The Balaban J connectivity index is 2.69. The van der Waals surface area contributed by atoms with Gasteiger partial charge in [-0.05, 0) is 31.5 Å². The molecule has 0 atom stereocenters. The second kappa shape index (κ2) is 3.34. The van der Waals surface area contributed by atoms with Crippen molar-refractivity contribution in [3.05, 3.63) is 24.0 Å². The summed E-state index contributed by atoms with van der Waals surface area (Å²) in [4.78, 5) is 0. The van der Waals surface area contributed by atoms with Gasteiger partial charge in [-0.1, -0.05) is 6.58 Å². The number of nitrogens with one attached hydrogen (secondary N) is 1. The summed E-state index contributed by atoms with van der Waals surface area (Å²) in [6.45, 7) is 6.46. The van der Waals surface area contributed by atoms with E-state index in [2.05, 4.69) is 16.8 Å². The van der Waals surface area contributed by atoms with Crippen LogP contribution in [0.4, 0.5) is 0 Å². The van der Waals surface area contributed by atoms with Crippen LogP contribution in [0.15, 0.2) is 12.6 Å². The van der Waals surface area contributed by atoms with Gasteiger partial charge in [0.25, 0.3) is 0 Å². The second-order valence-corrected chi connectivity index (χ2v) is 2.58. The zero-order chi connectivity index (χ0) is 8.27. The summed E-state index contributed by atoms with van der Waals surface area (Å²) in [5.74, 6) is 0. The maximum atomic E-state index is 5.37. The van der Waals surface area contributed by atoms with Gasteiger partial charge in [0.15, 0.2) is 0 Å². The van der Waals surface area contributed by atoms with Gasteiger partial charge in [-0.2, -0.15) is 5.10 Å². The van der Waals surface area contributed by atoms with Gasteiger partial charge in [-0.25, -0.2) is 0 Å². The highest BCUT2D eigenvalue weighted by molar-refractivity contribution is 5.60. The van der Waals surface area contributed by atoms with E-state index in [1.807, 2.05) is 13.0 Å². The van der Waals surface area contributed by atoms with E-state index in [4.69, 9.17) is 5.73 Å². The Hall–Kier alpha value is -1.09. The molecule has 0 saturated heterocycles. The molecule has 0 aliphatic carbocycles. The van der Waals surface area contributed by atoms with Crippen LogP contribution in [0.3, 0.4) is 0 Å². The predicted molar refractivity (Wildman–Crippen MR) is 46.0 cm³/mol. The highest BCUT2D eigenvalue weighted by atomic mass is 15.1. The van der Waals surface area contributed by atoms with Gasteiger partial charge in [0.05, 0.1) is 5.69 Å². The molecule has 11 heavy (non-hydrogen) atoms. The first-order valence-electron chi connectivity index (χ1n) is 3.64. The van der Waals surface area contributed by atoms with Gasteiger partial charge in [0, 0.05) is 5.69 Å². The lowest BCUT2D eigenvalue weighted by Gasteiger charge is -1.96. The average molecular weight is 151 g/mol. The molecule has 0 unspecified atom stereocenters. The Kier molecular flexibility index (Phi) is 2.44. The Morgan fingerprint density at radius 2 is 2.55 bits per heavy atom. The van der Waals surface area contributed by atoms with E-state index < -0.39 is 0 Å². The van der Waals surface area contributed by atoms with E-state index in [1.54, 1.807) is 0 Å². The van der Waals surface area contributed by atoms with Crippen LogP contribution in [-0.4, -0.2) is 16.7 Å². The van der Waals surface area contributed by atoms with Gasteiger partial charge in [-0.15, -0.1) is 0 Å². The van der Waals surface area contributed by atoms with Crippen LogP contribution in [0.5, 0.6) is 0 Å². The molecule has 1 aromatic heterocycles. The second-order valence-electron chi connectivity index (χ2n) is 2.58. The summed E-state index contributed by atoms with van der Waals surface area (Å²) in [5.41, 5.74) is 8.35. The summed E-state index contributed by atoms with van der Waals surface area (Å²) in [5, 5.41) is 6.91. The molecule has 60 valence electrons. The number of aromatic amines is 1. The topological polar surface area (TPSA) is 54.7 Å². The fourth-order valence-corrected chi connectivity index (χ4v) is 0.901. The molecule has 1 heterocycles. The van der Waals surface area contributed by atoms with Crippen molar-refractivity contribution in [2.45, 2.75) is 13.3 Å². The number of nitrogens with two attached hydrogens (primary N) is 1. The summed E-state index contributed by atoms with van der Waals surface area (Å²) < 4.78 is 0. The number of H-pyrrole nitrogens is 1. The number of aryl methyl sites for hydroxylation is 1. The third-order valence-electron chi connectivity index (χ3n) is 1.51. The van der Waals surface area contributed by atoms with Crippen molar-refractivity contribution in [3.8, 4) is 0 Å². The molecular formula is C8H13N3. The fourth-order valence-electron chi connectivity index (χ4n) is 0.901. The Labute approximate surface area is 66.3 Å². The summed E-state index contributed by atoms with van der Waals surface area (Å²) in [7, 11) is 0. The molecule has 0 radical (unpaired) electrons. The monoisotopic (exact) mass is 151 g/mol. The fraction of sp³-hybridized carbons (Fsp3) is 0.375. The molecule has 0 aliphatic rings. The molecule has 1 rings (SSSR count). The molecule has 0 fully saturated rings. The van der Waals surface area contributed by atoms with E-state index in [0.717, 1.165) is 23.4 Å². The van der Waals surface area contributed by atoms with E-state index in [1.165, 1.54) is 0 Å². The van der Waals surface area contributed by atoms with Crippen LogP contribution in [0, 0.1) is 6.92 Å². The highest BCUT2D eigenvalue weighted by Crippen LogP contribution is 2.12. The quantitative estimate of drug-likeness (QED) is 0.679. The first-order valence-corrected chi connectivity index (χ1v) is 3.64. The van der Waals surface area contributed by atoms with E-state index >= 15 is 0 Å².